The van der Waals surface area contributed by atoms with E-state index in [4.69, 9.17) is 5.73 Å². The Morgan fingerprint density at radius 2 is 1.52 bits per heavy atom. The van der Waals surface area contributed by atoms with Crippen LogP contribution < -0.4 is 16.4 Å². The van der Waals surface area contributed by atoms with Crippen molar-refractivity contribution in [3.8, 4) is 0 Å². The number of hydrogen-bond acceptors (Lipinski definition) is 4. The molecule has 0 bridgehead atoms. The summed E-state index contributed by atoms with van der Waals surface area (Å²) in [6.45, 7) is 3.66. The van der Waals surface area contributed by atoms with Gasteiger partial charge in [0.15, 0.2) is 6.10 Å². The molecule has 0 radical (unpaired) electrons. The van der Waals surface area contributed by atoms with Crippen molar-refractivity contribution in [3.63, 3.8) is 0 Å². The molecule has 5 N–H and O–H groups in total. The second kappa shape index (κ2) is 10.4. The van der Waals surface area contributed by atoms with Crippen molar-refractivity contribution in [2.45, 2.75) is 38.5 Å². The topological polar surface area (TPSA) is 122 Å². The van der Waals surface area contributed by atoms with E-state index in [1.807, 2.05) is 6.92 Å². The van der Waals surface area contributed by atoms with Gasteiger partial charge in [-0.1, -0.05) is 68.8 Å². The predicted molar refractivity (Wildman–Crippen MR) is 110 cm³/mol. The number of aliphatic hydroxyl groups is 1. The molecule has 0 aliphatic carbocycles. The van der Waals surface area contributed by atoms with E-state index >= 15 is 0 Å². The van der Waals surface area contributed by atoms with E-state index in [1.165, 1.54) is 0 Å². The second-order valence-electron chi connectivity index (χ2n) is 6.95. The van der Waals surface area contributed by atoms with Gasteiger partial charge in [0, 0.05) is 5.56 Å². The number of aliphatic hydroxyl groups excluding tert-OH is 1. The summed E-state index contributed by atoms with van der Waals surface area (Å²) in [7, 11) is 0. The second-order valence-corrected chi connectivity index (χ2v) is 6.95. The van der Waals surface area contributed by atoms with Gasteiger partial charge in [-0.25, -0.2) is 0 Å². The Labute approximate surface area is 170 Å². The van der Waals surface area contributed by atoms with E-state index in [-0.39, 0.29) is 5.92 Å². The van der Waals surface area contributed by atoms with Gasteiger partial charge in [-0.2, -0.15) is 0 Å². The van der Waals surface area contributed by atoms with Crippen LogP contribution in [0.15, 0.2) is 60.7 Å². The average molecular weight is 397 g/mol. The number of benzene rings is 2. The lowest BCUT2D eigenvalue weighted by atomic mass is 9.96. The lowest BCUT2D eigenvalue weighted by Gasteiger charge is -2.27. The molecule has 3 amide bonds. The number of nitrogens with two attached hydrogens (primary N) is 1. The Bertz CT molecular complexity index is 826. The molecule has 154 valence electrons. The first kappa shape index (κ1) is 22.1. The quantitative estimate of drug-likeness (QED) is 0.513. The van der Waals surface area contributed by atoms with Crippen LogP contribution in [0.2, 0.25) is 0 Å². The molecule has 0 spiro atoms. The molecule has 2 aromatic rings. The lowest BCUT2D eigenvalue weighted by molar-refractivity contribution is -0.135. The van der Waals surface area contributed by atoms with E-state index in [2.05, 4.69) is 10.6 Å². The zero-order valence-corrected chi connectivity index (χ0v) is 16.5. The summed E-state index contributed by atoms with van der Waals surface area (Å²) in [6, 6.07) is 15.3. The van der Waals surface area contributed by atoms with E-state index in [1.54, 1.807) is 67.6 Å². The maximum Gasteiger partial charge on any atom is 0.252 e. The fourth-order valence-corrected chi connectivity index (χ4v) is 2.94. The van der Waals surface area contributed by atoms with E-state index in [0.717, 1.165) is 0 Å². The van der Waals surface area contributed by atoms with Crippen LogP contribution in [-0.4, -0.2) is 35.0 Å². The maximum absolute atomic E-state index is 12.7. The number of carbonyl (C=O) groups excluding carboxylic acids is 3. The molecule has 2 rings (SSSR count). The van der Waals surface area contributed by atoms with Gasteiger partial charge in [-0.15, -0.1) is 0 Å². The molecule has 7 nitrogen and oxygen atoms in total. The highest BCUT2D eigenvalue weighted by Gasteiger charge is 2.33. The van der Waals surface area contributed by atoms with Gasteiger partial charge in [0.2, 0.25) is 5.91 Å². The molecule has 0 aromatic heterocycles. The van der Waals surface area contributed by atoms with Crippen LogP contribution in [0.3, 0.4) is 0 Å². The summed E-state index contributed by atoms with van der Waals surface area (Å²) in [5, 5.41) is 16.0. The molecule has 0 saturated carbocycles. The van der Waals surface area contributed by atoms with Crippen molar-refractivity contribution in [1.29, 1.82) is 0 Å². The summed E-state index contributed by atoms with van der Waals surface area (Å²) in [6.07, 6.45) is -0.993. The Morgan fingerprint density at radius 3 is 2.03 bits per heavy atom. The summed E-state index contributed by atoms with van der Waals surface area (Å²) in [5.74, 6) is -2.08. The maximum atomic E-state index is 12.7. The Hall–Kier alpha value is -3.19. The van der Waals surface area contributed by atoms with Crippen LogP contribution >= 0.6 is 0 Å². The van der Waals surface area contributed by atoms with Crippen LogP contribution in [0.4, 0.5) is 0 Å². The van der Waals surface area contributed by atoms with E-state index in [0.29, 0.717) is 17.5 Å². The summed E-state index contributed by atoms with van der Waals surface area (Å²) in [5.41, 5.74) is 6.35. The first-order valence-corrected chi connectivity index (χ1v) is 9.53. The highest BCUT2D eigenvalue weighted by molar-refractivity contribution is 5.95. The van der Waals surface area contributed by atoms with Crippen molar-refractivity contribution in [1.82, 2.24) is 10.6 Å². The molecular formula is C22H27N3O4. The van der Waals surface area contributed by atoms with Gasteiger partial charge < -0.3 is 21.5 Å². The van der Waals surface area contributed by atoms with Gasteiger partial charge in [0.25, 0.3) is 11.8 Å². The fraction of sp³-hybridized carbons (Fsp3) is 0.318. The molecule has 0 fully saturated rings. The molecule has 29 heavy (non-hydrogen) atoms. The molecule has 0 aliphatic rings. The van der Waals surface area contributed by atoms with E-state index in [9.17, 15) is 19.5 Å². The SMILES string of the molecule is CC[C@H](C)[C@@H](NC(=O)[C@H](O)[C@@H](NC(=O)c1ccccc1)c1ccccc1)C(N)=O. The minimum atomic E-state index is -1.61. The molecule has 4 atom stereocenters. The van der Waals surface area contributed by atoms with Crippen molar-refractivity contribution in [2.75, 3.05) is 0 Å². The minimum absolute atomic E-state index is 0.197. The number of amides is 3. The fourth-order valence-electron chi connectivity index (χ4n) is 2.94. The number of nitrogens with one attached hydrogen (secondary N) is 2. The van der Waals surface area contributed by atoms with E-state index < -0.39 is 35.9 Å². The van der Waals surface area contributed by atoms with Gasteiger partial charge in [0.05, 0.1) is 6.04 Å². The van der Waals surface area contributed by atoms with Crippen molar-refractivity contribution in [3.05, 3.63) is 71.8 Å². The highest BCUT2D eigenvalue weighted by Crippen LogP contribution is 2.19. The smallest absolute Gasteiger partial charge is 0.252 e. The Balaban J connectivity index is 2.24. The first-order valence-electron chi connectivity index (χ1n) is 9.53. The molecule has 0 heterocycles. The van der Waals surface area contributed by atoms with Crippen molar-refractivity contribution in [2.24, 2.45) is 11.7 Å². The van der Waals surface area contributed by atoms with Crippen LogP contribution in [0.1, 0.15) is 42.2 Å². The summed E-state index contributed by atoms with van der Waals surface area (Å²) < 4.78 is 0. The van der Waals surface area contributed by atoms with Gasteiger partial charge in [-0.05, 0) is 23.6 Å². The zero-order chi connectivity index (χ0) is 21.4. The normalized spacial score (nSPS) is 14.9. The van der Waals surface area contributed by atoms with Gasteiger partial charge in [-0.3, -0.25) is 14.4 Å². The third-order valence-corrected chi connectivity index (χ3v) is 4.88. The highest BCUT2D eigenvalue weighted by atomic mass is 16.3. The van der Waals surface area contributed by atoms with Gasteiger partial charge in [0.1, 0.15) is 6.04 Å². The van der Waals surface area contributed by atoms with Gasteiger partial charge >= 0.3 is 0 Å². The van der Waals surface area contributed by atoms with Crippen LogP contribution in [0, 0.1) is 5.92 Å². The summed E-state index contributed by atoms with van der Waals surface area (Å²) in [4.78, 5) is 37.0. The molecule has 2 aromatic carbocycles. The monoisotopic (exact) mass is 397 g/mol. The van der Waals surface area contributed by atoms with Crippen LogP contribution in [0.25, 0.3) is 0 Å². The number of carbonyl (C=O) groups is 3. The Kier molecular flexibility index (Phi) is 7.91. The van der Waals surface area contributed by atoms with Crippen molar-refractivity contribution >= 4 is 17.7 Å². The van der Waals surface area contributed by atoms with Crippen LogP contribution in [-0.2, 0) is 9.59 Å². The zero-order valence-electron chi connectivity index (χ0n) is 16.5. The number of rotatable bonds is 9. The third-order valence-electron chi connectivity index (χ3n) is 4.88. The third kappa shape index (κ3) is 5.89. The average Bonchev–Trinajstić information content (AvgIpc) is 2.75. The first-order chi connectivity index (χ1) is 13.8. The summed E-state index contributed by atoms with van der Waals surface area (Å²) >= 11 is 0. The molecule has 0 aliphatic heterocycles. The molecule has 0 saturated heterocycles. The molecule has 0 unspecified atom stereocenters. The van der Waals surface area contributed by atoms with Crippen molar-refractivity contribution < 1.29 is 19.5 Å². The number of hydrogen-bond donors (Lipinski definition) is 4. The lowest BCUT2D eigenvalue weighted by Crippen LogP contribution is -2.53. The predicted octanol–water partition coefficient (Wildman–Crippen LogP) is 1.53. The van der Waals surface area contributed by atoms with Crippen LogP contribution in [0.5, 0.6) is 0 Å². The Morgan fingerprint density at radius 1 is 0.966 bits per heavy atom. The standard InChI is InChI=1S/C22H27N3O4/c1-3-14(2)17(20(23)27)24-22(29)19(26)18(15-10-6-4-7-11-15)25-21(28)16-12-8-5-9-13-16/h4-14,17-19,26H,3H2,1-2H3,(H2,23,27)(H,24,29)(H,25,28)/t14-,17+,18-,19+/m0/s1. The molecular weight excluding hydrogens is 370 g/mol. The number of primary amides is 1. The molecule has 7 heteroatoms. The largest absolute Gasteiger partial charge is 0.381 e. The minimum Gasteiger partial charge on any atom is -0.381 e.